The second-order valence-electron chi connectivity index (χ2n) is 5.97. The molecular weight excluding hydrogens is 364 g/mol. The molecule has 0 aliphatic carbocycles. The van der Waals surface area contributed by atoms with E-state index in [1.165, 1.54) is 24.3 Å². The molecule has 8 heteroatoms. The van der Waals surface area contributed by atoms with Crippen molar-refractivity contribution in [3.05, 3.63) is 75.8 Å². The predicted octanol–water partition coefficient (Wildman–Crippen LogP) is 2.81. The van der Waals surface area contributed by atoms with Crippen LogP contribution < -0.4 is 5.32 Å². The minimum absolute atomic E-state index is 0.00362. The number of carbonyl (C=O) groups is 3. The first kappa shape index (κ1) is 20.8. The summed E-state index contributed by atoms with van der Waals surface area (Å²) < 4.78 is 5.05. The molecule has 0 heterocycles. The van der Waals surface area contributed by atoms with Crippen LogP contribution in [0.5, 0.6) is 0 Å². The molecule has 2 aromatic carbocycles. The van der Waals surface area contributed by atoms with E-state index in [0.29, 0.717) is 11.1 Å². The van der Waals surface area contributed by atoms with Gasteiger partial charge in [-0.25, -0.2) is 0 Å². The van der Waals surface area contributed by atoms with Crippen LogP contribution >= 0.6 is 0 Å². The molecule has 0 atom stereocenters. The van der Waals surface area contributed by atoms with Crippen LogP contribution in [-0.4, -0.2) is 29.1 Å². The number of hydrogen-bond donors (Lipinski definition) is 1. The van der Waals surface area contributed by atoms with Crippen LogP contribution in [0.2, 0.25) is 0 Å². The number of nitro groups is 1. The van der Waals surface area contributed by atoms with Crippen molar-refractivity contribution < 1.29 is 24.0 Å². The van der Waals surface area contributed by atoms with E-state index in [1.54, 1.807) is 24.3 Å². The summed E-state index contributed by atoms with van der Waals surface area (Å²) in [4.78, 5) is 45.4. The standard InChI is InChI=1S/C20H20N2O6/c23-18(16-4-2-1-3-5-16)10-11-19(24)21-13-12-20(25)28-14-15-6-8-17(9-7-15)22(26)27/h1-9H,10-14H2,(H,21,24). The average Bonchev–Trinajstić information content (AvgIpc) is 2.71. The van der Waals surface area contributed by atoms with Crippen molar-refractivity contribution >= 4 is 23.3 Å². The summed E-state index contributed by atoms with van der Waals surface area (Å²) in [5.74, 6) is -0.926. The summed E-state index contributed by atoms with van der Waals surface area (Å²) in [7, 11) is 0. The number of carbonyl (C=O) groups excluding carboxylic acids is 3. The highest BCUT2D eigenvalue weighted by molar-refractivity contribution is 5.97. The Morgan fingerprint density at radius 1 is 0.929 bits per heavy atom. The number of non-ortho nitro benzene ring substituents is 1. The van der Waals surface area contributed by atoms with Crippen molar-refractivity contribution in [1.29, 1.82) is 0 Å². The molecule has 0 saturated heterocycles. The van der Waals surface area contributed by atoms with Gasteiger partial charge in [0.15, 0.2) is 5.78 Å². The van der Waals surface area contributed by atoms with Crippen molar-refractivity contribution in [3.8, 4) is 0 Å². The number of nitro benzene ring substituents is 1. The van der Waals surface area contributed by atoms with Crippen molar-refractivity contribution in [3.63, 3.8) is 0 Å². The fourth-order valence-electron chi connectivity index (χ4n) is 2.34. The molecule has 146 valence electrons. The number of esters is 1. The molecule has 1 amide bonds. The predicted molar refractivity (Wildman–Crippen MR) is 101 cm³/mol. The maximum atomic E-state index is 11.9. The zero-order chi connectivity index (χ0) is 20.4. The van der Waals surface area contributed by atoms with E-state index in [0.717, 1.165) is 0 Å². The Morgan fingerprint density at radius 3 is 2.25 bits per heavy atom. The Balaban J connectivity index is 1.61. The highest BCUT2D eigenvalue weighted by Gasteiger charge is 2.10. The number of amides is 1. The van der Waals surface area contributed by atoms with Crippen LogP contribution in [0.1, 0.15) is 35.2 Å². The number of benzene rings is 2. The zero-order valence-electron chi connectivity index (χ0n) is 15.1. The van der Waals surface area contributed by atoms with E-state index < -0.39 is 10.9 Å². The summed E-state index contributed by atoms with van der Waals surface area (Å²) in [6, 6.07) is 14.4. The summed E-state index contributed by atoms with van der Waals surface area (Å²) in [6.45, 7) is 0.105. The largest absolute Gasteiger partial charge is 0.461 e. The molecule has 0 aliphatic heterocycles. The molecule has 0 aliphatic rings. The molecule has 0 bridgehead atoms. The Bertz CT molecular complexity index is 834. The fraction of sp³-hybridized carbons (Fsp3) is 0.250. The van der Waals surface area contributed by atoms with E-state index in [9.17, 15) is 24.5 Å². The van der Waals surface area contributed by atoms with Gasteiger partial charge < -0.3 is 10.1 Å². The third-order valence-corrected chi connectivity index (χ3v) is 3.87. The lowest BCUT2D eigenvalue weighted by atomic mass is 10.1. The molecule has 1 N–H and O–H groups in total. The van der Waals surface area contributed by atoms with Crippen LogP contribution in [0.25, 0.3) is 0 Å². The molecule has 0 aromatic heterocycles. The van der Waals surface area contributed by atoms with Gasteiger partial charge in [-0.3, -0.25) is 24.5 Å². The van der Waals surface area contributed by atoms with Gasteiger partial charge in [-0.1, -0.05) is 30.3 Å². The number of ketones is 1. The average molecular weight is 384 g/mol. The van der Waals surface area contributed by atoms with E-state index >= 15 is 0 Å². The maximum Gasteiger partial charge on any atom is 0.307 e. The van der Waals surface area contributed by atoms with Crippen molar-refractivity contribution in [1.82, 2.24) is 5.32 Å². The van der Waals surface area contributed by atoms with Crippen LogP contribution in [0.4, 0.5) is 5.69 Å². The van der Waals surface area contributed by atoms with Crippen molar-refractivity contribution in [2.45, 2.75) is 25.9 Å². The van der Waals surface area contributed by atoms with E-state index in [1.807, 2.05) is 6.07 Å². The zero-order valence-corrected chi connectivity index (χ0v) is 15.1. The molecule has 2 rings (SSSR count). The lowest BCUT2D eigenvalue weighted by Crippen LogP contribution is -2.26. The molecule has 0 radical (unpaired) electrons. The molecule has 0 saturated carbocycles. The Hall–Kier alpha value is -3.55. The van der Waals surface area contributed by atoms with Gasteiger partial charge in [-0.2, -0.15) is 0 Å². The van der Waals surface area contributed by atoms with E-state index in [2.05, 4.69) is 5.32 Å². The van der Waals surface area contributed by atoms with Gasteiger partial charge in [0, 0.05) is 37.1 Å². The monoisotopic (exact) mass is 384 g/mol. The molecule has 2 aromatic rings. The molecule has 0 unspecified atom stereocenters. The fourth-order valence-corrected chi connectivity index (χ4v) is 2.34. The number of rotatable bonds is 10. The highest BCUT2D eigenvalue weighted by atomic mass is 16.6. The molecule has 0 fully saturated rings. The summed E-state index contributed by atoms with van der Waals surface area (Å²) >= 11 is 0. The lowest BCUT2D eigenvalue weighted by Gasteiger charge is -2.06. The molecule has 8 nitrogen and oxygen atoms in total. The third-order valence-electron chi connectivity index (χ3n) is 3.87. The van der Waals surface area contributed by atoms with Crippen LogP contribution in [0, 0.1) is 10.1 Å². The van der Waals surface area contributed by atoms with E-state index in [4.69, 9.17) is 4.74 Å². The van der Waals surface area contributed by atoms with Crippen molar-refractivity contribution in [2.75, 3.05) is 6.54 Å². The number of nitrogens with one attached hydrogen (secondary N) is 1. The van der Waals surface area contributed by atoms with Crippen LogP contribution in [0.15, 0.2) is 54.6 Å². The quantitative estimate of drug-likeness (QED) is 0.291. The number of ether oxygens (including phenoxy) is 1. The second-order valence-corrected chi connectivity index (χ2v) is 5.97. The van der Waals surface area contributed by atoms with Gasteiger partial charge >= 0.3 is 5.97 Å². The second kappa shape index (κ2) is 10.6. The lowest BCUT2D eigenvalue weighted by molar-refractivity contribution is -0.384. The van der Waals surface area contributed by atoms with Gasteiger partial charge in [-0.15, -0.1) is 0 Å². The van der Waals surface area contributed by atoms with Crippen LogP contribution in [0.3, 0.4) is 0 Å². The normalized spacial score (nSPS) is 10.1. The smallest absolute Gasteiger partial charge is 0.307 e. The van der Waals surface area contributed by atoms with Gasteiger partial charge in [0.2, 0.25) is 5.91 Å². The first-order chi connectivity index (χ1) is 13.5. The SMILES string of the molecule is O=C(CCC(=O)c1ccccc1)NCCC(=O)OCc1ccc([N+](=O)[O-])cc1. The minimum atomic E-state index is -0.508. The first-order valence-corrected chi connectivity index (χ1v) is 8.69. The maximum absolute atomic E-state index is 11.9. The summed E-state index contributed by atoms with van der Waals surface area (Å²) in [6.07, 6.45) is 0.136. The minimum Gasteiger partial charge on any atom is -0.461 e. The van der Waals surface area contributed by atoms with Gasteiger partial charge in [0.05, 0.1) is 11.3 Å². The summed E-state index contributed by atoms with van der Waals surface area (Å²) in [5, 5.41) is 13.1. The Morgan fingerprint density at radius 2 is 1.61 bits per heavy atom. The Labute approximate surface area is 161 Å². The van der Waals surface area contributed by atoms with Gasteiger partial charge in [0.1, 0.15) is 6.61 Å². The number of Topliss-reactive ketones (excluding diaryl/α,β-unsaturated/α-hetero) is 1. The van der Waals surface area contributed by atoms with Gasteiger partial charge in [0.25, 0.3) is 5.69 Å². The van der Waals surface area contributed by atoms with Gasteiger partial charge in [-0.05, 0) is 17.7 Å². The molecule has 28 heavy (non-hydrogen) atoms. The van der Waals surface area contributed by atoms with E-state index in [-0.39, 0.29) is 49.8 Å². The molecular formula is C20H20N2O6. The third kappa shape index (κ3) is 6.99. The Kier molecular flexibility index (Phi) is 7.83. The molecule has 0 spiro atoms. The number of hydrogen-bond acceptors (Lipinski definition) is 6. The summed E-state index contributed by atoms with van der Waals surface area (Å²) in [5.41, 5.74) is 1.15. The van der Waals surface area contributed by atoms with Crippen LogP contribution in [-0.2, 0) is 20.9 Å². The number of nitrogens with zero attached hydrogens (tertiary/aromatic N) is 1. The first-order valence-electron chi connectivity index (χ1n) is 8.69. The van der Waals surface area contributed by atoms with Crippen molar-refractivity contribution in [2.24, 2.45) is 0 Å². The highest BCUT2D eigenvalue weighted by Crippen LogP contribution is 2.12. The topological polar surface area (TPSA) is 116 Å².